The van der Waals surface area contributed by atoms with E-state index in [-0.39, 0.29) is 5.56 Å². The maximum Gasteiger partial charge on any atom is 0.222 e. The van der Waals surface area contributed by atoms with Gasteiger partial charge in [0.1, 0.15) is 30.2 Å². The van der Waals surface area contributed by atoms with E-state index in [4.69, 9.17) is 9.47 Å². The molecule has 2 aromatic carbocycles. The summed E-state index contributed by atoms with van der Waals surface area (Å²) in [6, 6.07) is 14.2. The van der Waals surface area contributed by atoms with Gasteiger partial charge in [-0.25, -0.2) is 0 Å². The second-order valence-corrected chi connectivity index (χ2v) is 7.13. The van der Waals surface area contributed by atoms with Crippen molar-refractivity contribution in [3.63, 3.8) is 0 Å². The summed E-state index contributed by atoms with van der Waals surface area (Å²) in [5, 5.41) is 51.9. The van der Waals surface area contributed by atoms with Gasteiger partial charge in [-0.15, -0.1) is 0 Å². The third-order valence-corrected chi connectivity index (χ3v) is 5.16. The summed E-state index contributed by atoms with van der Waals surface area (Å²) >= 11 is 0. The van der Waals surface area contributed by atoms with Gasteiger partial charge >= 0.3 is 0 Å². The molecule has 0 spiro atoms. The lowest BCUT2D eigenvalue weighted by atomic mass is 9.84. The molecule has 0 aromatic heterocycles. The highest BCUT2D eigenvalue weighted by atomic mass is 16.7. The van der Waals surface area contributed by atoms with E-state index < -0.39 is 36.3 Å². The van der Waals surface area contributed by atoms with Gasteiger partial charge in [0.2, 0.25) is 5.79 Å². The molecule has 1 heterocycles. The van der Waals surface area contributed by atoms with Gasteiger partial charge in [0.25, 0.3) is 0 Å². The van der Waals surface area contributed by atoms with Gasteiger partial charge in [0, 0.05) is 5.56 Å². The number of aliphatic hydroxyl groups excluding tert-OH is 4. The SMILES string of the molecule is COc1ccc(Cc2ccccc2[C@@]2(O)O[C@H]([C@H](C)O)[C@@H](O)[C@H](O)[C@H]2O)cc1. The topological polar surface area (TPSA) is 120 Å². The smallest absolute Gasteiger partial charge is 0.222 e. The molecule has 0 radical (unpaired) electrons. The molecule has 0 bridgehead atoms. The predicted octanol–water partition coefficient (Wildman–Crippen LogP) is 0.293. The molecular weight excluding hydrogens is 364 g/mol. The number of benzene rings is 2. The lowest BCUT2D eigenvalue weighted by molar-refractivity contribution is -0.364. The minimum atomic E-state index is -2.29. The molecule has 7 nitrogen and oxygen atoms in total. The minimum Gasteiger partial charge on any atom is -0.497 e. The highest BCUT2D eigenvalue weighted by molar-refractivity contribution is 5.38. The second kappa shape index (κ2) is 8.16. The van der Waals surface area contributed by atoms with Gasteiger partial charge in [0.05, 0.1) is 13.2 Å². The highest BCUT2D eigenvalue weighted by Crippen LogP contribution is 2.39. The van der Waals surface area contributed by atoms with Crippen molar-refractivity contribution < 1.29 is 35.0 Å². The zero-order valence-corrected chi connectivity index (χ0v) is 15.8. The van der Waals surface area contributed by atoms with Gasteiger partial charge in [-0.3, -0.25) is 0 Å². The van der Waals surface area contributed by atoms with Crippen LogP contribution in [0.3, 0.4) is 0 Å². The number of rotatable bonds is 5. The first kappa shape index (κ1) is 20.7. The molecule has 1 fully saturated rings. The van der Waals surface area contributed by atoms with E-state index in [1.54, 1.807) is 31.4 Å². The summed E-state index contributed by atoms with van der Waals surface area (Å²) in [6.07, 6.45) is -7.03. The van der Waals surface area contributed by atoms with E-state index >= 15 is 0 Å². The van der Waals surface area contributed by atoms with Crippen molar-refractivity contribution in [1.29, 1.82) is 0 Å². The van der Waals surface area contributed by atoms with Crippen molar-refractivity contribution in [1.82, 2.24) is 0 Å². The van der Waals surface area contributed by atoms with Crippen LogP contribution in [0, 0.1) is 0 Å². The molecule has 0 amide bonds. The fraction of sp³-hybridized carbons (Fsp3) is 0.429. The lowest BCUT2D eigenvalue weighted by Crippen LogP contribution is -2.65. The number of ether oxygens (including phenoxy) is 2. The van der Waals surface area contributed by atoms with E-state index in [1.165, 1.54) is 6.92 Å². The predicted molar refractivity (Wildman–Crippen MR) is 101 cm³/mol. The van der Waals surface area contributed by atoms with Crippen LogP contribution in [0.1, 0.15) is 23.6 Å². The summed E-state index contributed by atoms with van der Waals surface area (Å²) < 4.78 is 10.7. The van der Waals surface area contributed by atoms with Crippen LogP contribution in [0.4, 0.5) is 0 Å². The van der Waals surface area contributed by atoms with Crippen LogP contribution in [0.15, 0.2) is 48.5 Å². The van der Waals surface area contributed by atoms with E-state index in [0.717, 1.165) is 11.3 Å². The second-order valence-electron chi connectivity index (χ2n) is 7.13. The number of aliphatic hydroxyl groups is 5. The zero-order chi connectivity index (χ0) is 20.5. The molecule has 3 rings (SSSR count). The normalized spacial score (nSPS) is 31.4. The van der Waals surface area contributed by atoms with Crippen LogP contribution < -0.4 is 4.74 Å². The van der Waals surface area contributed by atoms with E-state index in [1.807, 2.05) is 24.3 Å². The number of hydrogen-bond acceptors (Lipinski definition) is 7. The molecule has 1 aliphatic heterocycles. The maximum absolute atomic E-state index is 11.2. The van der Waals surface area contributed by atoms with Gasteiger partial charge in [-0.2, -0.15) is 0 Å². The molecule has 0 saturated carbocycles. The molecule has 5 N–H and O–H groups in total. The Morgan fingerprint density at radius 3 is 2.29 bits per heavy atom. The van der Waals surface area contributed by atoms with Crippen LogP contribution in [0.25, 0.3) is 0 Å². The van der Waals surface area contributed by atoms with E-state index in [0.29, 0.717) is 12.0 Å². The monoisotopic (exact) mass is 390 g/mol. The number of hydrogen-bond donors (Lipinski definition) is 5. The first-order valence-corrected chi connectivity index (χ1v) is 9.11. The van der Waals surface area contributed by atoms with Gasteiger partial charge in [-0.05, 0) is 36.6 Å². The van der Waals surface area contributed by atoms with Crippen LogP contribution in [0.2, 0.25) is 0 Å². The summed E-state index contributed by atoms with van der Waals surface area (Å²) in [5.74, 6) is -1.57. The molecule has 152 valence electrons. The Hall–Kier alpha value is -2.00. The third-order valence-electron chi connectivity index (χ3n) is 5.16. The largest absolute Gasteiger partial charge is 0.497 e. The van der Waals surface area contributed by atoms with Gasteiger partial charge in [-0.1, -0.05) is 36.4 Å². The summed E-state index contributed by atoms with van der Waals surface area (Å²) in [7, 11) is 1.58. The Morgan fingerprint density at radius 2 is 1.68 bits per heavy atom. The first-order valence-electron chi connectivity index (χ1n) is 9.11. The van der Waals surface area contributed by atoms with Crippen molar-refractivity contribution in [2.45, 2.75) is 49.7 Å². The van der Waals surface area contributed by atoms with E-state index in [2.05, 4.69) is 0 Å². The molecule has 2 aromatic rings. The Labute approximate surface area is 163 Å². The molecule has 1 saturated heterocycles. The van der Waals surface area contributed by atoms with Gasteiger partial charge < -0.3 is 35.0 Å². The van der Waals surface area contributed by atoms with Crippen molar-refractivity contribution in [2.75, 3.05) is 7.11 Å². The Morgan fingerprint density at radius 1 is 1.04 bits per heavy atom. The average molecular weight is 390 g/mol. The molecular formula is C21H26O7. The summed E-state index contributed by atoms with van der Waals surface area (Å²) in [6.45, 7) is 1.38. The van der Waals surface area contributed by atoms with Crippen LogP contribution >= 0.6 is 0 Å². The fourth-order valence-corrected chi connectivity index (χ4v) is 3.55. The van der Waals surface area contributed by atoms with Crippen molar-refractivity contribution in [3.05, 3.63) is 65.2 Å². The third kappa shape index (κ3) is 3.77. The molecule has 28 heavy (non-hydrogen) atoms. The van der Waals surface area contributed by atoms with Crippen LogP contribution in [-0.4, -0.2) is 63.2 Å². The highest BCUT2D eigenvalue weighted by Gasteiger charge is 2.55. The maximum atomic E-state index is 11.2. The zero-order valence-electron chi connectivity index (χ0n) is 15.8. The van der Waals surface area contributed by atoms with E-state index in [9.17, 15) is 25.5 Å². The lowest BCUT2D eigenvalue weighted by Gasteiger charge is -2.47. The summed E-state index contributed by atoms with van der Waals surface area (Å²) in [4.78, 5) is 0. The Balaban J connectivity index is 1.97. The standard InChI is InChI=1S/C21H26O7/c1-12(22)19-17(23)18(24)20(25)21(26,28-19)16-6-4-3-5-14(16)11-13-7-9-15(27-2)10-8-13/h3-10,12,17-20,22-26H,11H2,1-2H3/t12-,17-,18-,19+,20+,21+/m0/s1. The first-order chi connectivity index (χ1) is 13.3. The number of methoxy groups -OCH3 is 1. The van der Waals surface area contributed by atoms with Gasteiger partial charge in [0.15, 0.2) is 0 Å². The molecule has 0 unspecified atom stereocenters. The Kier molecular flexibility index (Phi) is 6.04. The molecule has 6 atom stereocenters. The minimum absolute atomic E-state index is 0.259. The molecule has 1 aliphatic rings. The van der Waals surface area contributed by atoms with Crippen molar-refractivity contribution in [2.24, 2.45) is 0 Å². The fourth-order valence-electron chi connectivity index (χ4n) is 3.55. The van der Waals surface area contributed by atoms with Crippen molar-refractivity contribution in [3.8, 4) is 5.75 Å². The van der Waals surface area contributed by atoms with Crippen LogP contribution in [-0.2, 0) is 16.9 Å². The average Bonchev–Trinajstić information content (AvgIpc) is 2.70. The summed E-state index contributed by atoms with van der Waals surface area (Å²) in [5.41, 5.74) is 1.87. The molecule has 7 heteroatoms. The van der Waals surface area contributed by atoms with Crippen LogP contribution in [0.5, 0.6) is 5.75 Å². The Bertz CT molecular complexity index is 792. The molecule has 0 aliphatic carbocycles. The van der Waals surface area contributed by atoms with Crippen molar-refractivity contribution >= 4 is 0 Å². The quantitative estimate of drug-likeness (QED) is 0.498.